The molecule has 2 aliphatic heterocycles. The second kappa shape index (κ2) is 9.57. The Kier molecular flexibility index (Phi) is 6.58. The predicted molar refractivity (Wildman–Crippen MR) is 128 cm³/mol. The Labute approximate surface area is 195 Å². The van der Waals surface area contributed by atoms with Gasteiger partial charge in [0.15, 0.2) is 0 Å². The number of hydrogen-bond acceptors (Lipinski definition) is 6. The Hall–Kier alpha value is -3.48. The molecule has 0 saturated carbocycles. The number of benzene rings is 2. The van der Waals surface area contributed by atoms with Gasteiger partial charge in [0.25, 0.3) is 11.8 Å². The number of hydrogen-bond donors (Lipinski definition) is 0. The molecule has 0 unspecified atom stereocenters. The average Bonchev–Trinajstić information content (AvgIpc) is 3.08. The van der Waals surface area contributed by atoms with Crippen molar-refractivity contribution in [2.24, 2.45) is 0 Å². The zero-order valence-corrected chi connectivity index (χ0v) is 19.7. The third kappa shape index (κ3) is 4.40. The van der Waals surface area contributed by atoms with Crippen molar-refractivity contribution in [3.63, 3.8) is 0 Å². The molecule has 33 heavy (non-hydrogen) atoms. The molecule has 7 heteroatoms. The van der Waals surface area contributed by atoms with E-state index in [1.165, 1.54) is 4.90 Å². The molecule has 2 aliphatic rings. The first kappa shape index (κ1) is 22.7. The van der Waals surface area contributed by atoms with Crippen LogP contribution in [-0.4, -0.2) is 67.6 Å². The van der Waals surface area contributed by atoms with E-state index in [1.807, 2.05) is 69.3 Å². The number of ether oxygens (including phenoxy) is 2. The lowest BCUT2D eigenvalue weighted by molar-refractivity contribution is -0.137. The Balaban J connectivity index is 1.61. The Bertz CT molecular complexity index is 1050. The molecule has 0 N–H and O–H groups in total. The molecule has 0 spiro atoms. The lowest BCUT2D eigenvalue weighted by Gasteiger charge is -2.38. The molecule has 7 nitrogen and oxygen atoms in total. The van der Waals surface area contributed by atoms with Crippen LogP contribution in [0.3, 0.4) is 0 Å². The highest BCUT2D eigenvalue weighted by Gasteiger charge is 2.41. The molecule has 0 radical (unpaired) electrons. The predicted octanol–water partition coefficient (Wildman–Crippen LogP) is 3.40. The van der Waals surface area contributed by atoms with Crippen LogP contribution in [0.25, 0.3) is 5.57 Å². The minimum atomic E-state index is -0.234. The summed E-state index contributed by atoms with van der Waals surface area (Å²) in [4.78, 5) is 32.1. The number of amides is 2. The van der Waals surface area contributed by atoms with Crippen LogP contribution < -0.4 is 14.4 Å². The molecule has 0 bridgehead atoms. The number of nitrogens with zero attached hydrogens (tertiary/aromatic N) is 3. The monoisotopic (exact) mass is 449 g/mol. The van der Waals surface area contributed by atoms with E-state index in [1.54, 1.807) is 7.11 Å². The summed E-state index contributed by atoms with van der Waals surface area (Å²) in [6, 6.07) is 15.4. The molecule has 2 amide bonds. The van der Waals surface area contributed by atoms with Gasteiger partial charge in [0.05, 0.1) is 24.5 Å². The van der Waals surface area contributed by atoms with Crippen LogP contribution in [0.1, 0.15) is 26.3 Å². The molecule has 4 rings (SSSR count). The van der Waals surface area contributed by atoms with Gasteiger partial charge in [-0.15, -0.1) is 0 Å². The number of piperazine rings is 1. The van der Waals surface area contributed by atoms with Gasteiger partial charge in [0.2, 0.25) is 0 Å². The van der Waals surface area contributed by atoms with Gasteiger partial charge >= 0.3 is 0 Å². The van der Waals surface area contributed by atoms with Crippen LogP contribution in [0.2, 0.25) is 0 Å². The minimum Gasteiger partial charge on any atom is -0.495 e. The van der Waals surface area contributed by atoms with Gasteiger partial charge in [-0.3, -0.25) is 14.5 Å². The molecular weight excluding hydrogens is 418 g/mol. The van der Waals surface area contributed by atoms with Gasteiger partial charge in [0.1, 0.15) is 17.2 Å². The maximum Gasteiger partial charge on any atom is 0.277 e. The van der Waals surface area contributed by atoms with Gasteiger partial charge in [-0.25, -0.2) is 0 Å². The van der Waals surface area contributed by atoms with Crippen molar-refractivity contribution in [3.8, 4) is 11.5 Å². The Morgan fingerprint density at radius 1 is 0.879 bits per heavy atom. The molecule has 0 aromatic heterocycles. The minimum absolute atomic E-state index is 0.0652. The molecule has 0 aliphatic carbocycles. The number of para-hydroxylation sites is 2. The first-order valence-corrected chi connectivity index (χ1v) is 11.4. The van der Waals surface area contributed by atoms with E-state index in [0.717, 1.165) is 35.8 Å². The van der Waals surface area contributed by atoms with E-state index < -0.39 is 0 Å². The largest absolute Gasteiger partial charge is 0.495 e. The number of anilines is 1. The fourth-order valence-corrected chi connectivity index (χ4v) is 4.44. The Morgan fingerprint density at radius 2 is 1.52 bits per heavy atom. The average molecular weight is 450 g/mol. The highest BCUT2D eigenvalue weighted by atomic mass is 16.5. The van der Waals surface area contributed by atoms with E-state index in [4.69, 9.17) is 9.47 Å². The second-order valence-electron chi connectivity index (χ2n) is 8.42. The summed E-state index contributed by atoms with van der Waals surface area (Å²) in [5.41, 5.74) is 2.75. The third-order valence-electron chi connectivity index (χ3n) is 6.00. The standard InChI is InChI=1S/C26H31N3O4/c1-5-29-25(30)23(19-10-12-20(13-11-19)33-18(2)3)24(26(29)31)28-16-14-27(15-17-28)21-8-6-7-9-22(21)32-4/h6-13,18H,5,14-17H2,1-4H3. The van der Waals surface area contributed by atoms with Crippen molar-refractivity contribution in [2.75, 3.05) is 44.7 Å². The van der Waals surface area contributed by atoms with Crippen LogP contribution >= 0.6 is 0 Å². The number of methoxy groups -OCH3 is 1. The summed E-state index contributed by atoms with van der Waals surface area (Å²) in [7, 11) is 1.67. The summed E-state index contributed by atoms with van der Waals surface area (Å²) in [5.74, 6) is 1.12. The highest BCUT2D eigenvalue weighted by Crippen LogP contribution is 2.34. The lowest BCUT2D eigenvalue weighted by atomic mass is 10.0. The number of imide groups is 1. The third-order valence-corrected chi connectivity index (χ3v) is 6.00. The van der Waals surface area contributed by atoms with Crippen LogP contribution in [0.4, 0.5) is 5.69 Å². The van der Waals surface area contributed by atoms with Gasteiger partial charge < -0.3 is 19.3 Å². The normalized spacial score (nSPS) is 16.8. The molecule has 1 fully saturated rings. The zero-order chi connectivity index (χ0) is 23.5. The lowest BCUT2D eigenvalue weighted by Crippen LogP contribution is -2.47. The summed E-state index contributed by atoms with van der Waals surface area (Å²) in [6.07, 6.45) is 0.0652. The summed E-state index contributed by atoms with van der Waals surface area (Å²) >= 11 is 0. The smallest absolute Gasteiger partial charge is 0.277 e. The number of carbonyl (C=O) groups is 2. The molecule has 0 atom stereocenters. The highest BCUT2D eigenvalue weighted by molar-refractivity contribution is 6.35. The van der Waals surface area contributed by atoms with Crippen molar-refractivity contribution in [2.45, 2.75) is 26.9 Å². The maximum absolute atomic E-state index is 13.2. The number of carbonyl (C=O) groups excluding carboxylic acids is 2. The molecular formula is C26H31N3O4. The van der Waals surface area contributed by atoms with Crippen molar-refractivity contribution in [3.05, 3.63) is 59.8 Å². The van der Waals surface area contributed by atoms with Crippen LogP contribution in [0, 0.1) is 0 Å². The van der Waals surface area contributed by atoms with Crippen molar-refractivity contribution in [1.82, 2.24) is 9.80 Å². The SMILES string of the molecule is CCN1C(=O)C(c2ccc(OC(C)C)cc2)=C(N2CCN(c3ccccc3OC)CC2)C1=O. The van der Waals surface area contributed by atoms with Crippen molar-refractivity contribution >= 4 is 23.1 Å². The van der Waals surface area contributed by atoms with Crippen LogP contribution in [0.5, 0.6) is 11.5 Å². The van der Waals surface area contributed by atoms with E-state index >= 15 is 0 Å². The second-order valence-corrected chi connectivity index (χ2v) is 8.42. The fraction of sp³-hybridized carbons (Fsp3) is 0.385. The summed E-state index contributed by atoms with van der Waals surface area (Å²) in [6.45, 7) is 8.85. The molecule has 1 saturated heterocycles. The topological polar surface area (TPSA) is 62.3 Å². The quantitative estimate of drug-likeness (QED) is 0.604. The van der Waals surface area contributed by atoms with E-state index in [-0.39, 0.29) is 17.9 Å². The number of rotatable bonds is 7. The van der Waals surface area contributed by atoms with Crippen LogP contribution in [0.15, 0.2) is 54.2 Å². The Morgan fingerprint density at radius 3 is 2.12 bits per heavy atom. The van der Waals surface area contributed by atoms with E-state index in [9.17, 15) is 9.59 Å². The van der Waals surface area contributed by atoms with E-state index in [0.29, 0.717) is 30.9 Å². The molecule has 174 valence electrons. The van der Waals surface area contributed by atoms with Gasteiger partial charge in [-0.1, -0.05) is 24.3 Å². The van der Waals surface area contributed by atoms with Crippen LogP contribution in [-0.2, 0) is 9.59 Å². The summed E-state index contributed by atoms with van der Waals surface area (Å²) < 4.78 is 11.2. The maximum atomic E-state index is 13.2. The molecule has 2 aromatic rings. The summed E-state index contributed by atoms with van der Waals surface area (Å²) in [5, 5.41) is 0. The van der Waals surface area contributed by atoms with E-state index in [2.05, 4.69) is 9.80 Å². The molecule has 2 aromatic carbocycles. The first-order valence-electron chi connectivity index (χ1n) is 11.4. The number of likely N-dealkylation sites (N-methyl/N-ethyl adjacent to an activating group) is 1. The molecule has 2 heterocycles. The first-order chi connectivity index (χ1) is 15.9. The van der Waals surface area contributed by atoms with Crippen molar-refractivity contribution in [1.29, 1.82) is 0 Å². The van der Waals surface area contributed by atoms with Gasteiger partial charge in [0, 0.05) is 32.7 Å². The fourth-order valence-electron chi connectivity index (χ4n) is 4.44. The van der Waals surface area contributed by atoms with Crippen molar-refractivity contribution < 1.29 is 19.1 Å². The zero-order valence-electron chi connectivity index (χ0n) is 19.7. The van der Waals surface area contributed by atoms with Gasteiger partial charge in [-0.05, 0) is 50.6 Å². The van der Waals surface area contributed by atoms with Gasteiger partial charge in [-0.2, -0.15) is 0 Å².